The third kappa shape index (κ3) is 3.41. The number of nitrogen functional groups attached to an aromatic ring is 1. The first kappa shape index (κ1) is 13.9. The minimum absolute atomic E-state index is 0.0821. The molecule has 17 heavy (non-hydrogen) atoms. The van der Waals surface area contributed by atoms with Gasteiger partial charge in [-0.1, -0.05) is 20.8 Å². The van der Waals surface area contributed by atoms with Gasteiger partial charge in [-0.2, -0.15) is 0 Å². The van der Waals surface area contributed by atoms with Gasteiger partial charge in [0, 0.05) is 30.8 Å². The van der Waals surface area contributed by atoms with Gasteiger partial charge in [0.25, 0.3) is 0 Å². The lowest BCUT2D eigenvalue weighted by atomic mass is 9.93. The van der Waals surface area contributed by atoms with Crippen LogP contribution in [-0.4, -0.2) is 24.7 Å². The standard InChI is InChI=1S/C13H23N3O/c1-5-16-12(13(17-4)9(2)3)10-8-15-7-6-11(10)14/h6-9,12-13,16H,5H2,1-4H3,(H2,14,15). The summed E-state index contributed by atoms with van der Waals surface area (Å²) in [7, 11) is 1.74. The average Bonchev–Trinajstić information content (AvgIpc) is 2.29. The van der Waals surface area contributed by atoms with Gasteiger partial charge in [-0.25, -0.2) is 0 Å². The molecule has 0 bridgehead atoms. The van der Waals surface area contributed by atoms with Gasteiger partial charge < -0.3 is 15.8 Å². The predicted octanol–water partition coefficient (Wildman–Crippen LogP) is 1.99. The SMILES string of the molecule is CCNC(c1cnccc1N)C(OC)C(C)C. The molecule has 0 aliphatic rings. The molecular formula is C13H23N3O. The molecule has 1 aromatic rings. The van der Waals surface area contributed by atoms with E-state index in [2.05, 4.69) is 31.1 Å². The van der Waals surface area contributed by atoms with Gasteiger partial charge >= 0.3 is 0 Å². The van der Waals surface area contributed by atoms with E-state index >= 15 is 0 Å². The van der Waals surface area contributed by atoms with Crippen molar-refractivity contribution in [2.75, 3.05) is 19.4 Å². The highest BCUT2D eigenvalue weighted by Crippen LogP contribution is 2.27. The Morgan fingerprint density at radius 3 is 2.65 bits per heavy atom. The summed E-state index contributed by atoms with van der Waals surface area (Å²) >= 11 is 0. The van der Waals surface area contributed by atoms with Crippen LogP contribution in [0.1, 0.15) is 32.4 Å². The smallest absolute Gasteiger partial charge is 0.0790 e. The molecule has 1 heterocycles. The molecule has 0 spiro atoms. The Balaban J connectivity index is 3.03. The van der Waals surface area contributed by atoms with E-state index in [9.17, 15) is 0 Å². The van der Waals surface area contributed by atoms with Crippen molar-refractivity contribution in [2.45, 2.75) is 32.9 Å². The van der Waals surface area contributed by atoms with Crippen LogP contribution in [-0.2, 0) is 4.74 Å². The fourth-order valence-corrected chi connectivity index (χ4v) is 2.09. The van der Waals surface area contributed by atoms with Crippen molar-refractivity contribution in [3.05, 3.63) is 24.0 Å². The zero-order valence-corrected chi connectivity index (χ0v) is 11.1. The molecule has 0 aliphatic carbocycles. The van der Waals surface area contributed by atoms with Crippen LogP contribution in [0.25, 0.3) is 0 Å². The Morgan fingerprint density at radius 2 is 2.18 bits per heavy atom. The quantitative estimate of drug-likeness (QED) is 0.794. The number of hydrogen-bond acceptors (Lipinski definition) is 4. The Morgan fingerprint density at radius 1 is 1.47 bits per heavy atom. The second-order valence-electron chi connectivity index (χ2n) is 4.48. The summed E-state index contributed by atoms with van der Waals surface area (Å²) in [6.07, 6.45) is 3.61. The van der Waals surface area contributed by atoms with Crippen molar-refractivity contribution in [1.82, 2.24) is 10.3 Å². The van der Waals surface area contributed by atoms with Crippen LogP contribution in [0, 0.1) is 5.92 Å². The molecule has 4 heteroatoms. The number of hydrogen-bond donors (Lipinski definition) is 2. The maximum atomic E-state index is 6.01. The Kier molecular flexibility index (Phi) is 5.38. The summed E-state index contributed by atoms with van der Waals surface area (Å²) in [5.41, 5.74) is 7.78. The highest BCUT2D eigenvalue weighted by atomic mass is 16.5. The van der Waals surface area contributed by atoms with Gasteiger partial charge in [0.2, 0.25) is 0 Å². The first-order chi connectivity index (χ1) is 8.11. The van der Waals surface area contributed by atoms with E-state index in [1.807, 2.05) is 12.3 Å². The fraction of sp³-hybridized carbons (Fsp3) is 0.615. The number of anilines is 1. The topological polar surface area (TPSA) is 60.2 Å². The van der Waals surface area contributed by atoms with Crippen LogP contribution in [0.4, 0.5) is 5.69 Å². The number of methoxy groups -OCH3 is 1. The molecule has 96 valence electrons. The van der Waals surface area contributed by atoms with Crippen LogP contribution in [0.3, 0.4) is 0 Å². The Bertz CT molecular complexity index is 341. The monoisotopic (exact) mass is 237 g/mol. The van der Waals surface area contributed by atoms with Crippen molar-refractivity contribution >= 4 is 5.69 Å². The van der Waals surface area contributed by atoms with Crippen LogP contribution in [0.5, 0.6) is 0 Å². The van der Waals surface area contributed by atoms with E-state index in [1.54, 1.807) is 13.3 Å². The molecule has 1 aromatic heterocycles. The van der Waals surface area contributed by atoms with E-state index in [-0.39, 0.29) is 12.1 Å². The molecule has 0 amide bonds. The lowest BCUT2D eigenvalue weighted by molar-refractivity contribution is 0.0332. The molecule has 2 unspecified atom stereocenters. The van der Waals surface area contributed by atoms with Gasteiger partial charge in [0.15, 0.2) is 0 Å². The minimum Gasteiger partial charge on any atom is -0.398 e. The maximum Gasteiger partial charge on any atom is 0.0790 e. The third-order valence-corrected chi connectivity index (χ3v) is 2.90. The van der Waals surface area contributed by atoms with Crippen LogP contribution in [0.2, 0.25) is 0 Å². The van der Waals surface area contributed by atoms with Crippen molar-refractivity contribution in [2.24, 2.45) is 5.92 Å². The molecule has 2 atom stereocenters. The summed E-state index contributed by atoms with van der Waals surface area (Å²) in [5.74, 6) is 0.406. The predicted molar refractivity (Wildman–Crippen MR) is 70.7 cm³/mol. The lowest BCUT2D eigenvalue weighted by Gasteiger charge is -2.30. The van der Waals surface area contributed by atoms with Gasteiger partial charge in [0.1, 0.15) is 0 Å². The molecule has 4 nitrogen and oxygen atoms in total. The van der Waals surface area contributed by atoms with Gasteiger partial charge in [-0.05, 0) is 18.5 Å². The van der Waals surface area contributed by atoms with Crippen molar-refractivity contribution < 1.29 is 4.74 Å². The summed E-state index contributed by atoms with van der Waals surface area (Å²) in [4.78, 5) is 4.15. The molecule has 0 aliphatic heterocycles. The van der Waals surface area contributed by atoms with Gasteiger partial charge in [-0.3, -0.25) is 4.98 Å². The van der Waals surface area contributed by atoms with Crippen molar-refractivity contribution in [3.63, 3.8) is 0 Å². The zero-order valence-electron chi connectivity index (χ0n) is 11.1. The first-order valence-corrected chi connectivity index (χ1v) is 6.07. The normalized spacial score (nSPS) is 14.9. The molecule has 0 aromatic carbocycles. The summed E-state index contributed by atoms with van der Waals surface area (Å²) < 4.78 is 5.59. The first-order valence-electron chi connectivity index (χ1n) is 6.07. The Labute approximate surface area is 104 Å². The highest BCUT2D eigenvalue weighted by Gasteiger charge is 2.26. The van der Waals surface area contributed by atoms with Crippen LogP contribution < -0.4 is 11.1 Å². The minimum atomic E-state index is 0.0821. The molecule has 1 rings (SSSR count). The van der Waals surface area contributed by atoms with E-state index < -0.39 is 0 Å². The van der Waals surface area contributed by atoms with Crippen LogP contribution in [0.15, 0.2) is 18.5 Å². The van der Waals surface area contributed by atoms with E-state index in [4.69, 9.17) is 10.5 Å². The average molecular weight is 237 g/mol. The van der Waals surface area contributed by atoms with Crippen molar-refractivity contribution in [3.8, 4) is 0 Å². The number of likely N-dealkylation sites (N-methyl/N-ethyl adjacent to an activating group) is 1. The van der Waals surface area contributed by atoms with Gasteiger partial charge in [0.05, 0.1) is 12.1 Å². The largest absolute Gasteiger partial charge is 0.398 e. The molecule has 0 fully saturated rings. The number of ether oxygens (including phenoxy) is 1. The fourth-order valence-electron chi connectivity index (χ4n) is 2.09. The molecule has 0 saturated carbocycles. The van der Waals surface area contributed by atoms with Crippen molar-refractivity contribution in [1.29, 1.82) is 0 Å². The van der Waals surface area contributed by atoms with E-state index in [0.717, 1.165) is 17.8 Å². The number of aromatic nitrogens is 1. The molecular weight excluding hydrogens is 214 g/mol. The number of pyridine rings is 1. The summed E-state index contributed by atoms with van der Waals surface area (Å²) in [6.45, 7) is 7.23. The maximum absolute atomic E-state index is 6.01. The van der Waals surface area contributed by atoms with Crippen LogP contribution >= 0.6 is 0 Å². The zero-order chi connectivity index (χ0) is 12.8. The number of nitrogens with one attached hydrogen (secondary N) is 1. The highest BCUT2D eigenvalue weighted by molar-refractivity contribution is 5.46. The van der Waals surface area contributed by atoms with E-state index in [0.29, 0.717) is 5.92 Å². The van der Waals surface area contributed by atoms with E-state index in [1.165, 1.54) is 0 Å². The third-order valence-electron chi connectivity index (χ3n) is 2.90. The molecule has 0 radical (unpaired) electrons. The lowest BCUT2D eigenvalue weighted by Crippen LogP contribution is -2.37. The Hall–Kier alpha value is -1.13. The number of nitrogens with two attached hydrogens (primary N) is 1. The molecule has 3 N–H and O–H groups in total. The molecule has 0 saturated heterocycles. The van der Waals surface area contributed by atoms with Gasteiger partial charge in [-0.15, -0.1) is 0 Å². The second kappa shape index (κ2) is 6.57. The summed E-state index contributed by atoms with van der Waals surface area (Å²) in [5, 5.41) is 3.43. The summed E-state index contributed by atoms with van der Waals surface area (Å²) in [6, 6.07) is 1.91. The number of rotatable bonds is 6. The number of nitrogens with zero attached hydrogens (tertiary/aromatic N) is 1. The second-order valence-corrected chi connectivity index (χ2v) is 4.48.